The Morgan fingerprint density at radius 3 is 2.03 bits per heavy atom. The maximum Gasteiger partial charge on any atom is 0.168 e. The molecule has 2 aromatic carbocycles. The number of benzene rings is 2. The maximum absolute atomic E-state index is 13.1. The van der Waals surface area contributed by atoms with Gasteiger partial charge in [-0.25, -0.2) is 4.39 Å². The molecular formula is C25H28FNO3. The van der Waals surface area contributed by atoms with Crippen molar-refractivity contribution in [1.29, 1.82) is 0 Å². The smallest absolute Gasteiger partial charge is 0.168 e. The Morgan fingerprint density at radius 2 is 1.50 bits per heavy atom. The van der Waals surface area contributed by atoms with Crippen LogP contribution in [0.3, 0.4) is 0 Å². The molecule has 1 fully saturated rings. The molecular weight excluding hydrogens is 381 g/mol. The molecule has 158 valence electrons. The lowest BCUT2D eigenvalue weighted by Crippen LogP contribution is -2.34. The molecule has 30 heavy (non-hydrogen) atoms. The molecule has 0 atom stereocenters. The predicted molar refractivity (Wildman–Crippen MR) is 115 cm³/mol. The van der Waals surface area contributed by atoms with E-state index in [1.165, 1.54) is 12.1 Å². The molecule has 0 amide bonds. The lowest BCUT2D eigenvalue weighted by Gasteiger charge is -2.29. The highest BCUT2D eigenvalue weighted by molar-refractivity contribution is 6.22. The molecule has 0 unspecified atom stereocenters. The fraction of sp³-hybridized carbons (Fsp3) is 0.360. The maximum atomic E-state index is 13.1. The van der Waals surface area contributed by atoms with E-state index in [1.54, 1.807) is 12.1 Å². The number of carbonyl (C=O) groups is 2. The minimum atomic E-state index is -0.290. The monoisotopic (exact) mass is 409 g/mol. The van der Waals surface area contributed by atoms with E-state index >= 15 is 0 Å². The van der Waals surface area contributed by atoms with E-state index < -0.39 is 0 Å². The van der Waals surface area contributed by atoms with E-state index in [9.17, 15) is 14.0 Å². The van der Waals surface area contributed by atoms with Gasteiger partial charge in [-0.05, 0) is 40.7 Å². The molecule has 1 aliphatic carbocycles. The third-order valence-electron chi connectivity index (χ3n) is 5.20. The van der Waals surface area contributed by atoms with Gasteiger partial charge in [0, 0.05) is 12.8 Å². The quantitative estimate of drug-likeness (QED) is 0.371. The molecule has 1 aliphatic rings. The van der Waals surface area contributed by atoms with Gasteiger partial charge in [0.2, 0.25) is 0 Å². The molecule has 0 aliphatic heterocycles. The van der Waals surface area contributed by atoms with Crippen LogP contribution >= 0.6 is 0 Å². The second-order valence-corrected chi connectivity index (χ2v) is 8.56. The van der Waals surface area contributed by atoms with E-state index in [2.05, 4.69) is 5.48 Å². The van der Waals surface area contributed by atoms with Crippen molar-refractivity contribution < 1.29 is 18.8 Å². The number of hydroxylamine groups is 1. The highest BCUT2D eigenvalue weighted by atomic mass is 19.1. The molecule has 3 rings (SSSR count). The lowest BCUT2D eigenvalue weighted by molar-refractivity contribution is -0.127. The Kier molecular flexibility index (Phi) is 6.83. The van der Waals surface area contributed by atoms with Crippen LogP contribution in [-0.2, 0) is 21.0 Å². The molecule has 0 heterocycles. The minimum Gasteiger partial charge on any atom is -0.294 e. The van der Waals surface area contributed by atoms with Crippen molar-refractivity contribution in [3.63, 3.8) is 0 Å². The highest BCUT2D eigenvalue weighted by Crippen LogP contribution is 2.35. The second kappa shape index (κ2) is 9.35. The predicted octanol–water partition coefficient (Wildman–Crippen LogP) is 5.53. The second-order valence-electron chi connectivity index (χ2n) is 8.56. The number of Topliss-reactive ketones (excluding diaryl/α,β-unsaturated/α-hetero) is 2. The van der Waals surface area contributed by atoms with Gasteiger partial charge in [-0.15, -0.1) is 0 Å². The highest BCUT2D eigenvalue weighted by Gasteiger charge is 2.37. The average Bonchev–Trinajstić information content (AvgIpc) is 2.68. The fourth-order valence-electron chi connectivity index (χ4n) is 3.72. The van der Waals surface area contributed by atoms with E-state index in [-0.39, 0.29) is 35.0 Å². The van der Waals surface area contributed by atoms with Crippen molar-refractivity contribution in [3.05, 3.63) is 71.2 Å². The van der Waals surface area contributed by atoms with E-state index in [0.717, 1.165) is 23.1 Å². The fourth-order valence-corrected chi connectivity index (χ4v) is 3.72. The van der Waals surface area contributed by atoms with Crippen LogP contribution in [0.4, 0.5) is 4.39 Å². The number of halogens is 1. The molecule has 0 bridgehead atoms. The van der Waals surface area contributed by atoms with Gasteiger partial charge < -0.3 is 0 Å². The topological polar surface area (TPSA) is 55.4 Å². The van der Waals surface area contributed by atoms with Crippen molar-refractivity contribution >= 4 is 11.6 Å². The van der Waals surface area contributed by atoms with Crippen molar-refractivity contribution in [2.45, 2.75) is 53.1 Å². The summed E-state index contributed by atoms with van der Waals surface area (Å²) in [6, 6.07) is 14.1. The first-order valence-electron chi connectivity index (χ1n) is 10.3. The first-order valence-corrected chi connectivity index (χ1v) is 10.3. The SMILES string of the molecule is CCCC(NOCc1ccc(-c2ccc(F)cc2)cc1)=C1C(=O)CC(C)(C)CC1=O. The van der Waals surface area contributed by atoms with Gasteiger partial charge in [0.1, 0.15) is 5.82 Å². The van der Waals surface area contributed by atoms with Crippen LogP contribution in [0.2, 0.25) is 0 Å². The summed E-state index contributed by atoms with van der Waals surface area (Å²) in [5.74, 6) is -0.482. The van der Waals surface area contributed by atoms with Gasteiger partial charge in [-0.1, -0.05) is 63.6 Å². The number of carbonyl (C=O) groups excluding carboxylic acids is 2. The molecule has 0 aromatic heterocycles. The molecule has 4 nitrogen and oxygen atoms in total. The third kappa shape index (κ3) is 5.42. The van der Waals surface area contributed by atoms with Crippen molar-refractivity contribution in [3.8, 4) is 11.1 Å². The van der Waals surface area contributed by atoms with Gasteiger partial charge in [-0.2, -0.15) is 0 Å². The molecule has 0 saturated heterocycles. The van der Waals surface area contributed by atoms with Gasteiger partial charge in [-0.3, -0.25) is 19.9 Å². The largest absolute Gasteiger partial charge is 0.294 e. The van der Waals surface area contributed by atoms with Gasteiger partial charge in [0.05, 0.1) is 17.9 Å². The van der Waals surface area contributed by atoms with Crippen LogP contribution < -0.4 is 5.48 Å². The molecule has 5 heteroatoms. The van der Waals surface area contributed by atoms with Crippen molar-refractivity contribution in [1.82, 2.24) is 5.48 Å². The van der Waals surface area contributed by atoms with Gasteiger partial charge in [0.15, 0.2) is 11.6 Å². The third-order valence-corrected chi connectivity index (χ3v) is 5.20. The number of hydrogen-bond acceptors (Lipinski definition) is 4. The summed E-state index contributed by atoms with van der Waals surface area (Å²) in [6.45, 7) is 6.17. The van der Waals surface area contributed by atoms with Crippen LogP contribution in [0.15, 0.2) is 59.8 Å². The van der Waals surface area contributed by atoms with Crippen LogP contribution in [-0.4, -0.2) is 11.6 Å². The minimum absolute atomic E-state index is 0.112. The zero-order valence-corrected chi connectivity index (χ0v) is 17.8. The summed E-state index contributed by atoms with van der Waals surface area (Å²) in [5.41, 5.74) is 6.30. The summed E-state index contributed by atoms with van der Waals surface area (Å²) >= 11 is 0. The number of allylic oxidation sites excluding steroid dienone is 2. The van der Waals surface area contributed by atoms with E-state index in [4.69, 9.17) is 4.84 Å². The average molecular weight is 410 g/mol. The number of nitrogens with one attached hydrogen (secondary N) is 1. The summed E-state index contributed by atoms with van der Waals surface area (Å²) < 4.78 is 13.1. The first-order chi connectivity index (χ1) is 14.3. The van der Waals surface area contributed by atoms with Gasteiger partial charge in [0.25, 0.3) is 0 Å². The van der Waals surface area contributed by atoms with Crippen molar-refractivity contribution in [2.24, 2.45) is 5.41 Å². The number of ketones is 2. The zero-order valence-electron chi connectivity index (χ0n) is 17.8. The van der Waals surface area contributed by atoms with Crippen LogP contribution in [0.5, 0.6) is 0 Å². The Morgan fingerprint density at radius 1 is 0.967 bits per heavy atom. The van der Waals surface area contributed by atoms with Crippen LogP contribution in [0.1, 0.15) is 52.0 Å². The Bertz CT molecular complexity index is 921. The van der Waals surface area contributed by atoms with Gasteiger partial charge >= 0.3 is 0 Å². The molecule has 0 spiro atoms. The lowest BCUT2D eigenvalue weighted by atomic mass is 9.73. The Balaban J connectivity index is 1.65. The normalized spacial score (nSPS) is 15.9. The summed E-state index contributed by atoms with van der Waals surface area (Å²) in [5, 5.41) is 0. The summed E-state index contributed by atoms with van der Waals surface area (Å²) in [6.07, 6.45) is 2.11. The van der Waals surface area contributed by atoms with E-state index in [1.807, 2.05) is 45.0 Å². The van der Waals surface area contributed by atoms with Crippen molar-refractivity contribution in [2.75, 3.05) is 0 Å². The Labute approximate surface area is 177 Å². The first kappa shape index (κ1) is 21.9. The Hall–Kier alpha value is -2.79. The molecule has 1 N–H and O–H groups in total. The molecule has 2 aromatic rings. The number of rotatable bonds is 7. The van der Waals surface area contributed by atoms with Crippen LogP contribution in [0, 0.1) is 11.2 Å². The zero-order chi connectivity index (χ0) is 21.7. The van der Waals surface area contributed by atoms with Crippen LogP contribution in [0.25, 0.3) is 11.1 Å². The summed E-state index contributed by atoms with van der Waals surface area (Å²) in [7, 11) is 0. The molecule has 0 radical (unpaired) electrons. The summed E-state index contributed by atoms with van der Waals surface area (Å²) in [4.78, 5) is 30.8. The number of hydrogen-bond donors (Lipinski definition) is 1. The van der Waals surface area contributed by atoms with E-state index in [0.29, 0.717) is 25.0 Å². The molecule has 1 saturated carbocycles. The standard InChI is InChI=1S/C25H28FNO3/c1-4-5-21(24-22(28)14-25(2,3)15-23(24)29)27-30-16-17-6-8-18(9-7-17)19-10-12-20(26)13-11-19/h6-13,27H,4-5,14-16H2,1-3H3.